The van der Waals surface area contributed by atoms with Crippen molar-refractivity contribution in [2.24, 2.45) is 9.98 Å². The largest absolute Gasteiger partial charge is 0.301 e. The molecular weight excluding hydrogens is 432 g/mol. The van der Waals surface area contributed by atoms with Crippen molar-refractivity contribution in [3.8, 4) is 11.3 Å². The number of rotatable bonds is 6. The maximum atomic E-state index is 5.09. The van der Waals surface area contributed by atoms with Crippen LogP contribution < -0.4 is 5.01 Å². The molecule has 1 saturated carbocycles. The zero-order valence-corrected chi connectivity index (χ0v) is 19.8. The SMILES string of the molecule is C1=C[N+]2(N(c3ccc4ccc(-c5ccccc5)nc4c3)C3(CN4CCC4)CCC3)C=NC=C2C=N1. The number of benzene rings is 2. The van der Waals surface area contributed by atoms with Crippen molar-refractivity contribution < 1.29 is 4.59 Å². The lowest BCUT2D eigenvalue weighted by Crippen LogP contribution is -2.71. The van der Waals surface area contributed by atoms with Gasteiger partial charge >= 0.3 is 0 Å². The Morgan fingerprint density at radius 2 is 1.80 bits per heavy atom. The molecule has 0 radical (unpaired) electrons. The minimum absolute atomic E-state index is 0.0378. The topological polar surface area (TPSA) is 44.1 Å². The Morgan fingerprint density at radius 3 is 2.57 bits per heavy atom. The molecule has 0 bridgehead atoms. The van der Waals surface area contributed by atoms with Crippen LogP contribution in [0.25, 0.3) is 22.2 Å². The first kappa shape index (κ1) is 20.7. The average molecular weight is 462 g/mol. The molecule has 6 heteroatoms. The first-order chi connectivity index (χ1) is 17.3. The lowest BCUT2D eigenvalue weighted by atomic mass is 9.74. The molecule has 1 unspecified atom stereocenters. The van der Waals surface area contributed by atoms with Crippen LogP contribution in [-0.4, -0.2) is 52.2 Å². The summed E-state index contributed by atoms with van der Waals surface area (Å²) in [5.41, 5.74) is 5.45. The van der Waals surface area contributed by atoms with E-state index in [2.05, 4.69) is 80.7 Å². The monoisotopic (exact) mass is 461 g/mol. The van der Waals surface area contributed by atoms with E-state index in [0.717, 1.165) is 34.4 Å². The fourth-order valence-electron chi connectivity index (χ4n) is 5.91. The Kier molecular flexibility index (Phi) is 4.72. The van der Waals surface area contributed by atoms with E-state index < -0.39 is 0 Å². The predicted molar refractivity (Wildman–Crippen MR) is 142 cm³/mol. The summed E-state index contributed by atoms with van der Waals surface area (Å²) in [6.45, 7) is 3.47. The second-order valence-corrected chi connectivity index (χ2v) is 10.1. The summed E-state index contributed by atoms with van der Waals surface area (Å²) >= 11 is 0. The molecule has 4 heterocycles. The van der Waals surface area contributed by atoms with Crippen molar-refractivity contribution >= 4 is 29.1 Å². The molecule has 0 spiro atoms. The highest BCUT2D eigenvalue weighted by molar-refractivity contribution is 5.86. The molecule has 0 N–H and O–H groups in total. The van der Waals surface area contributed by atoms with Gasteiger partial charge in [0.05, 0.1) is 35.5 Å². The van der Waals surface area contributed by atoms with E-state index in [1.807, 2.05) is 31.0 Å². The predicted octanol–water partition coefficient (Wildman–Crippen LogP) is 5.51. The maximum Gasteiger partial charge on any atom is 0.225 e. The van der Waals surface area contributed by atoms with Gasteiger partial charge in [-0.1, -0.05) is 42.5 Å². The Labute approximate surface area is 205 Å². The van der Waals surface area contributed by atoms with E-state index in [1.165, 1.54) is 44.5 Å². The Bertz CT molecular complexity index is 1400. The van der Waals surface area contributed by atoms with Crippen molar-refractivity contribution in [1.29, 1.82) is 0 Å². The molecule has 7 rings (SSSR count). The molecule has 0 amide bonds. The highest BCUT2D eigenvalue weighted by Gasteiger charge is 2.56. The molecule has 3 aliphatic heterocycles. The smallest absolute Gasteiger partial charge is 0.225 e. The van der Waals surface area contributed by atoms with Crippen molar-refractivity contribution in [2.75, 3.05) is 24.6 Å². The first-order valence-corrected chi connectivity index (χ1v) is 12.6. The number of likely N-dealkylation sites (tertiary alicyclic amines) is 1. The third-order valence-electron chi connectivity index (χ3n) is 7.97. The zero-order valence-electron chi connectivity index (χ0n) is 19.8. The van der Waals surface area contributed by atoms with E-state index in [4.69, 9.17) is 4.98 Å². The van der Waals surface area contributed by atoms with Gasteiger partial charge in [-0.2, -0.15) is 0 Å². The standard InChI is InChI=1S/C29H29N6/c1-2-6-23(7-3-1)27-11-9-24-8-10-25(18-28(24)32-27)34(29(12-4-13-29)21-33-15-5-16-33)35-17-14-30-19-26(35)20-31-22-35/h1-3,6-11,14,17-20,22H,4-5,12-13,15-16,21H2/q+1. The highest BCUT2D eigenvalue weighted by atomic mass is 15.8. The first-order valence-electron chi connectivity index (χ1n) is 12.6. The van der Waals surface area contributed by atoms with Gasteiger partial charge in [-0.3, -0.25) is 4.99 Å². The normalized spacial score (nSPS) is 24.1. The van der Waals surface area contributed by atoms with Gasteiger partial charge in [0, 0.05) is 17.5 Å². The lowest BCUT2D eigenvalue weighted by Gasteiger charge is -2.57. The van der Waals surface area contributed by atoms with Gasteiger partial charge in [0.25, 0.3) is 0 Å². The van der Waals surface area contributed by atoms with E-state index in [-0.39, 0.29) is 5.54 Å². The molecule has 2 fully saturated rings. The number of pyridine rings is 1. The fourth-order valence-corrected chi connectivity index (χ4v) is 5.91. The Morgan fingerprint density at radius 1 is 0.943 bits per heavy atom. The Hall–Kier alpha value is -3.61. The van der Waals surface area contributed by atoms with Gasteiger partial charge in [0.15, 0.2) is 6.20 Å². The van der Waals surface area contributed by atoms with Crippen LogP contribution in [0.5, 0.6) is 0 Å². The van der Waals surface area contributed by atoms with Gasteiger partial charge in [-0.15, -0.1) is 4.59 Å². The number of nitrogens with zero attached hydrogens (tertiary/aromatic N) is 6. The van der Waals surface area contributed by atoms with E-state index in [0.29, 0.717) is 4.59 Å². The number of hydrogen-bond acceptors (Lipinski definition) is 5. The van der Waals surface area contributed by atoms with Crippen LogP contribution in [0.2, 0.25) is 0 Å². The number of aliphatic imine (C=N–C) groups is 2. The summed E-state index contributed by atoms with van der Waals surface area (Å²) in [5.74, 6) is 0. The molecule has 1 atom stereocenters. The second kappa shape index (κ2) is 7.97. The summed E-state index contributed by atoms with van der Waals surface area (Å²) < 4.78 is 0.460. The van der Waals surface area contributed by atoms with E-state index in [9.17, 15) is 0 Å². The van der Waals surface area contributed by atoms with E-state index in [1.54, 1.807) is 0 Å². The van der Waals surface area contributed by atoms with Gasteiger partial charge in [0.2, 0.25) is 12.0 Å². The summed E-state index contributed by atoms with van der Waals surface area (Å²) in [6, 6.07) is 21.5. The number of allylic oxidation sites excluding steroid dienone is 1. The number of anilines is 1. The van der Waals surface area contributed by atoms with Crippen LogP contribution in [0.1, 0.15) is 25.7 Å². The molecule has 1 aromatic heterocycles. The quantitative estimate of drug-likeness (QED) is 0.455. The fraction of sp³-hybridized carbons (Fsp3) is 0.276. The van der Waals surface area contributed by atoms with E-state index >= 15 is 0 Å². The van der Waals surface area contributed by atoms with Crippen molar-refractivity contribution in [3.05, 3.63) is 85.0 Å². The van der Waals surface area contributed by atoms with Crippen LogP contribution >= 0.6 is 0 Å². The van der Waals surface area contributed by atoms with Gasteiger partial charge in [-0.05, 0) is 57.0 Å². The number of hydrogen-bond donors (Lipinski definition) is 0. The van der Waals surface area contributed by atoms with Crippen LogP contribution in [0.4, 0.5) is 5.69 Å². The summed E-state index contributed by atoms with van der Waals surface area (Å²) in [7, 11) is 0. The van der Waals surface area contributed by atoms with Crippen LogP contribution in [0, 0.1) is 0 Å². The number of quaternary nitrogens is 1. The molecule has 3 aromatic rings. The van der Waals surface area contributed by atoms with Gasteiger partial charge in [-0.25, -0.2) is 15.0 Å². The average Bonchev–Trinajstić information content (AvgIpc) is 3.29. The van der Waals surface area contributed by atoms with Crippen molar-refractivity contribution in [2.45, 2.75) is 31.2 Å². The van der Waals surface area contributed by atoms with Crippen LogP contribution in [-0.2, 0) is 0 Å². The zero-order chi connectivity index (χ0) is 23.3. The summed E-state index contributed by atoms with van der Waals surface area (Å²) in [6.07, 6.45) is 14.9. The molecule has 1 saturated heterocycles. The molecule has 4 aliphatic rings. The van der Waals surface area contributed by atoms with Crippen LogP contribution in [0.3, 0.4) is 0 Å². The molecule has 6 nitrogen and oxygen atoms in total. The summed E-state index contributed by atoms with van der Waals surface area (Å²) in [5, 5.41) is 3.75. The third kappa shape index (κ3) is 3.28. The van der Waals surface area contributed by atoms with Gasteiger partial charge < -0.3 is 4.90 Å². The van der Waals surface area contributed by atoms with Crippen molar-refractivity contribution in [3.63, 3.8) is 0 Å². The minimum Gasteiger partial charge on any atom is -0.301 e. The second-order valence-electron chi connectivity index (χ2n) is 10.1. The minimum atomic E-state index is 0.0378. The van der Waals surface area contributed by atoms with Crippen LogP contribution in [0.15, 0.2) is 94.9 Å². The summed E-state index contributed by atoms with van der Waals surface area (Å²) in [4.78, 5) is 16.8. The Balaban J connectivity index is 1.38. The molecule has 174 valence electrons. The molecule has 1 aliphatic carbocycles. The maximum absolute atomic E-state index is 5.09. The molecule has 35 heavy (non-hydrogen) atoms. The highest BCUT2D eigenvalue weighted by Crippen LogP contribution is 2.47. The number of aromatic nitrogens is 1. The number of fused-ring (bicyclic) bond motifs is 2. The lowest BCUT2D eigenvalue weighted by molar-refractivity contribution is -0.751. The molecular formula is C29H29N6+. The van der Waals surface area contributed by atoms with Gasteiger partial charge in [0.1, 0.15) is 5.54 Å². The third-order valence-corrected chi connectivity index (χ3v) is 7.97. The molecule has 2 aromatic carbocycles. The van der Waals surface area contributed by atoms with Crippen molar-refractivity contribution in [1.82, 2.24) is 9.88 Å².